The zero-order chi connectivity index (χ0) is 13.0. The van der Waals surface area contributed by atoms with Crippen molar-refractivity contribution in [3.63, 3.8) is 0 Å². The van der Waals surface area contributed by atoms with Gasteiger partial charge in [-0.25, -0.2) is 0 Å². The third-order valence-corrected chi connectivity index (χ3v) is 3.51. The van der Waals surface area contributed by atoms with Gasteiger partial charge in [-0.3, -0.25) is 0 Å². The second-order valence-electron chi connectivity index (χ2n) is 4.14. The molecule has 0 bridgehead atoms. The van der Waals surface area contributed by atoms with Gasteiger partial charge in [-0.2, -0.15) is 4.72 Å². The second kappa shape index (κ2) is 5.93. The summed E-state index contributed by atoms with van der Waals surface area (Å²) in [6.07, 6.45) is 7.60. The standard InChI is InChI=1S/C13H17N3OS/c1-2-3-4-5-7-10-8-6-9-11-12(10)13(14)16-18(17)15-11/h5-9,15H,2-4H2,1H3,(H2,14,16)/b7-5+. The second-order valence-corrected chi connectivity index (χ2v) is 5.03. The van der Waals surface area contributed by atoms with Gasteiger partial charge in [0.1, 0.15) is 0 Å². The fourth-order valence-electron chi connectivity index (χ4n) is 1.86. The molecule has 18 heavy (non-hydrogen) atoms. The summed E-state index contributed by atoms with van der Waals surface area (Å²) < 4.78 is 18.0. The van der Waals surface area contributed by atoms with Crippen LogP contribution in [0.25, 0.3) is 6.08 Å². The largest absolute Gasteiger partial charge is 0.566 e. The molecule has 2 rings (SSSR count). The highest BCUT2D eigenvalue weighted by Crippen LogP contribution is 2.26. The summed E-state index contributed by atoms with van der Waals surface area (Å²) in [6.45, 7) is 2.17. The monoisotopic (exact) mass is 263 g/mol. The Bertz CT molecular complexity index is 485. The molecular formula is C13H17N3OS. The molecule has 1 atom stereocenters. The molecule has 0 spiro atoms. The van der Waals surface area contributed by atoms with Crippen LogP contribution in [-0.4, -0.2) is 10.4 Å². The van der Waals surface area contributed by atoms with Gasteiger partial charge in [0.05, 0.1) is 11.3 Å². The maximum absolute atomic E-state index is 11.4. The molecule has 1 heterocycles. The van der Waals surface area contributed by atoms with Crippen LogP contribution in [0.3, 0.4) is 0 Å². The highest BCUT2D eigenvalue weighted by molar-refractivity contribution is 7.91. The summed E-state index contributed by atoms with van der Waals surface area (Å²) in [7, 11) is 0. The van der Waals surface area contributed by atoms with Crippen molar-refractivity contribution in [3.8, 4) is 0 Å². The van der Waals surface area contributed by atoms with E-state index in [1.807, 2.05) is 24.3 Å². The van der Waals surface area contributed by atoms with Gasteiger partial charge in [0.25, 0.3) is 0 Å². The summed E-state index contributed by atoms with van der Waals surface area (Å²) in [4.78, 5) is 0. The minimum atomic E-state index is -1.46. The van der Waals surface area contributed by atoms with Crippen LogP contribution in [0.4, 0.5) is 5.69 Å². The van der Waals surface area contributed by atoms with Crippen molar-refractivity contribution >= 4 is 29.1 Å². The molecule has 0 saturated carbocycles. The summed E-state index contributed by atoms with van der Waals surface area (Å²) in [5.74, 6) is 0.331. The zero-order valence-corrected chi connectivity index (χ0v) is 11.2. The van der Waals surface area contributed by atoms with Gasteiger partial charge >= 0.3 is 0 Å². The van der Waals surface area contributed by atoms with Crippen molar-refractivity contribution in [3.05, 3.63) is 35.4 Å². The Balaban J connectivity index is 2.27. The molecule has 1 aromatic carbocycles. The zero-order valence-electron chi connectivity index (χ0n) is 10.3. The van der Waals surface area contributed by atoms with E-state index >= 15 is 0 Å². The van der Waals surface area contributed by atoms with Crippen molar-refractivity contribution in [2.24, 2.45) is 10.1 Å². The van der Waals surface area contributed by atoms with E-state index in [4.69, 9.17) is 5.73 Å². The van der Waals surface area contributed by atoms with Crippen LogP contribution >= 0.6 is 0 Å². The molecule has 5 heteroatoms. The van der Waals surface area contributed by atoms with E-state index in [9.17, 15) is 4.55 Å². The fourth-order valence-corrected chi connectivity index (χ4v) is 2.54. The molecule has 1 aromatic rings. The van der Waals surface area contributed by atoms with Crippen molar-refractivity contribution in [2.75, 3.05) is 4.72 Å². The van der Waals surface area contributed by atoms with Crippen LogP contribution in [0.15, 0.2) is 28.7 Å². The first-order valence-corrected chi connectivity index (χ1v) is 7.15. The van der Waals surface area contributed by atoms with Crippen molar-refractivity contribution in [1.29, 1.82) is 0 Å². The van der Waals surface area contributed by atoms with Crippen LogP contribution in [-0.2, 0) is 11.5 Å². The van der Waals surface area contributed by atoms with Gasteiger partial charge in [-0.05, 0) is 22.4 Å². The Morgan fingerprint density at radius 1 is 1.50 bits per heavy atom. The van der Waals surface area contributed by atoms with Gasteiger partial charge < -0.3 is 10.3 Å². The van der Waals surface area contributed by atoms with Crippen LogP contribution in [0.5, 0.6) is 0 Å². The van der Waals surface area contributed by atoms with E-state index in [1.54, 1.807) is 0 Å². The molecule has 0 saturated heterocycles. The SMILES string of the molecule is CCCC/C=C/c1cccc2c1C(N)=N[S+]([O-])N2. The summed E-state index contributed by atoms with van der Waals surface area (Å²) in [6, 6.07) is 5.76. The number of nitrogens with zero attached hydrogens (tertiary/aromatic N) is 1. The fraction of sp³-hybridized carbons (Fsp3) is 0.308. The van der Waals surface area contributed by atoms with Gasteiger partial charge in [0.15, 0.2) is 5.84 Å². The van der Waals surface area contributed by atoms with Crippen molar-refractivity contribution < 1.29 is 4.55 Å². The molecule has 4 nitrogen and oxygen atoms in total. The highest BCUT2D eigenvalue weighted by Gasteiger charge is 2.22. The van der Waals surface area contributed by atoms with Gasteiger partial charge in [-0.1, -0.05) is 44.1 Å². The lowest BCUT2D eigenvalue weighted by Crippen LogP contribution is -2.27. The lowest BCUT2D eigenvalue weighted by Gasteiger charge is -2.17. The number of unbranched alkanes of at least 4 members (excludes halogenated alkanes) is 2. The van der Waals surface area contributed by atoms with Crippen LogP contribution in [0.2, 0.25) is 0 Å². The Hall–Kier alpha value is -1.46. The van der Waals surface area contributed by atoms with E-state index in [1.165, 1.54) is 12.8 Å². The molecule has 1 aliphatic rings. The van der Waals surface area contributed by atoms with E-state index in [0.29, 0.717) is 5.84 Å². The van der Waals surface area contributed by atoms with E-state index in [-0.39, 0.29) is 0 Å². The predicted octanol–water partition coefficient (Wildman–Crippen LogP) is 2.60. The van der Waals surface area contributed by atoms with Gasteiger partial charge in [0, 0.05) is 0 Å². The van der Waals surface area contributed by atoms with Crippen LogP contribution in [0, 0.1) is 0 Å². The van der Waals surface area contributed by atoms with Gasteiger partial charge in [0.2, 0.25) is 11.5 Å². The first kappa shape index (κ1) is 13.0. The maximum atomic E-state index is 11.4. The third kappa shape index (κ3) is 2.86. The summed E-state index contributed by atoms with van der Waals surface area (Å²) >= 11 is -1.46. The van der Waals surface area contributed by atoms with Crippen molar-refractivity contribution in [2.45, 2.75) is 26.2 Å². The molecule has 0 radical (unpaired) electrons. The number of nitrogens with two attached hydrogens (primary N) is 1. The number of rotatable bonds is 4. The molecule has 0 fully saturated rings. The maximum Gasteiger partial charge on any atom is 0.222 e. The summed E-state index contributed by atoms with van der Waals surface area (Å²) in [5.41, 5.74) is 8.47. The Kier molecular flexibility index (Phi) is 4.28. The molecule has 0 amide bonds. The number of fused-ring (bicyclic) bond motifs is 1. The molecule has 3 N–H and O–H groups in total. The first-order valence-electron chi connectivity index (χ1n) is 6.05. The number of hydrogen-bond acceptors (Lipinski definition) is 4. The average molecular weight is 263 g/mol. The van der Waals surface area contributed by atoms with E-state index in [0.717, 1.165) is 23.2 Å². The van der Waals surface area contributed by atoms with Gasteiger partial charge in [-0.15, -0.1) is 0 Å². The quantitative estimate of drug-likeness (QED) is 0.647. The number of benzene rings is 1. The molecule has 0 aromatic heterocycles. The normalized spacial score (nSPS) is 18.3. The highest BCUT2D eigenvalue weighted by atomic mass is 32.2. The van der Waals surface area contributed by atoms with E-state index in [2.05, 4.69) is 22.1 Å². The lowest BCUT2D eigenvalue weighted by molar-refractivity contribution is 0.601. The molecular weight excluding hydrogens is 246 g/mol. The Morgan fingerprint density at radius 3 is 3.11 bits per heavy atom. The van der Waals surface area contributed by atoms with Crippen molar-refractivity contribution in [1.82, 2.24) is 0 Å². The number of anilines is 1. The molecule has 1 aliphatic heterocycles. The first-order chi connectivity index (χ1) is 8.72. The van der Waals surface area contributed by atoms with E-state index < -0.39 is 11.5 Å². The number of nitrogens with one attached hydrogen (secondary N) is 1. The molecule has 0 aliphatic carbocycles. The number of amidine groups is 1. The Morgan fingerprint density at radius 2 is 2.33 bits per heavy atom. The smallest absolute Gasteiger partial charge is 0.222 e. The third-order valence-electron chi connectivity index (χ3n) is 2.75. The van der Waals surface area contributed by atoms with Crippen LogP contribution in [0.1, 0.15) is 37.3 Å². The molecule has 1 unspecified atom stereocenters. The number of hydrogen-bond donors (Lipinski definition) is 2. The summed E-state index contributed by atoms with van der Waals surface area (Å²) in [5, 5.41) is 0. The Labute approximate surface area is 110 Å². The lowest BCUT2D eigenvalue weighted by atomic mass is 10.0. The number of allylic oxidation sites excluding steroid dienone is 1. The average Bonchev–Trinajstić information content (AvgIpc) is 2.34. The minimum absolute atomic E-state index is 0.331. The molecule has 96 valence electrons. The van der Waals surface area contributed by atoms with Crippen LogP contribution < -0.4 is 10.5 Å². The predicted molar refractivity (Wildman–Crippen MR) is 77.5 cm³/mol. The topological polar surface area (TPSA) is 73.5 Å². The minimum Gasteiger partial charge on any atom is -0.566 e.